The quantitative estimate of drug-likeness (QED) is 0.311. The minimum Gasteiger partial charge on any atom is -0.453 e. The van der Waals surface area contributed by atoms with Crippen molar-refractivity contribution in [1.82, 2.24) is 19.9 Å². The van der Waals surface area contributed by atoms with Crippen LogP contribution < -0.4 is 10.6 Å². The Hall–Kier alpha value is -4.29. The Morgan fingerprint density at radius 2 is 1.95 bits per heavy atom. The number of halogens is 3. The molecule has 3 heterocycles. The molecule has 10 nitrogen and oxygen atoms in total. The van der Waals surface area contributed by atoms with Crippen molar-refractivity contribution in [2.24, 2.45) is 0 Å². The van der Waals surface area contributed by atoms with E-state index in [1.165, 1.54) is 13.3 Å². The molecule has 1 aromatic carbocycles. The molecule has 2 aromatic heterocycles. The van der Waals surface area contributed by atoms with Crippen LogP contribution in [-0.2, 0) is 15.7 Å². The molecular formula is C28H33F3N6O4. The minimum absolute atomic E-state index is 0.00231. The molecule has 0 radical (unpaired) electrons. The molecular weight excluding hydrogens is 541 g/mol. The lowest BCUT2D eigenvalue weighted by atomic mass is 9.99. The van der Waals surface area contributed by atoms with E-state index in [9.17, 15) is 22.8 Å². The molecule has 0 aliphatic carbocycles. The summed E-state index contributed by atoms with van der Waals surface area (Å²) in [4.78, 5) is 37.3. The molecule has 1 saturated heterocycles. The first-order chi connectivity index (χ1) is 19.2. The Labute approximate surface area is 235 Å². The van der Waals surface area contributed by atoms with Crippen molar-refractivity contribution in [2.75, 3.05) is 30.8 Å². The average Bonchev–Trinajstić information content (AvgIpc) is 3.30. The van der Waals surface area contributed by atoms with Crippen molar-refractivity contribution in [2.45, 2.75) is 58.4 Å². The fraction of sp³-hybridized carbons (Fsp3) is 0.429. The highest BCUT2D eigenvalue weighted by atomic mass is 19.4. The lowest BCUT2D eigenvalue weighted by Gasteiger charge is -2.34. The highest BCUT2D eigenvalue weighted by molar-refractivity contribution is 6.05. The van der Waals surface area contributed by atoms with Gasteiger partial charge in [0.25, 0.3) is 0 Å². The van der Waals surface area contributed by atoms with Gasteiger partial charge in [0.2, 0.25) is 5.95 Å². The molecule has 2 amide bonds. The number of carbonyl (C=O) groups is 2. The maximum absolute atomic E-state index is 14.1. The molecule has 1 atom stereocenters. The van der Waals surface area contributed by atoms with E-state index in [4.69, 9.17) is 4.74 Å². The first-order valence-corrected chi connectivity index (χ1v) is 13.0. The number of rotatable bonds is 5. The summed E-state index contributed by atoms with van der Waals surface area (Å²) < 4.78 is 52.5. The van der Waals surface area contributed by atoms with Gasteiger partial charge in [-0.05, 0) is 52.2 Å². The number of carbonyl (C=O) groups excluding carboxylic acids is 2. The number of nitrogens with one attached hydrogen (secondary N) is 3. The Morgan fingerprint density at radius 1 is 1.22 bits per heavy atom. The third-order valence-electron chi connectivity index (χ3n) is 6.46. The highest BCUT2D eigenvalue weighted by Gasteiger charge is 2.37. The van der Waals surface area contributed by atoms with Crippen LogP contribution in [0.5, 0.6) is 0 Å². The number of fused-ring (bicyclic) bond motifs is 1. The number of hydrogen-bond acceptors (Lipinski definition) is 7. The molecule has 220 valence electrons. The second-order valence-electron chi connectivity index (χ2n) is 10.9. The average molecular weight is 575 g/mol. The molecule has 41 heavy (non-hydrogen) atoms. The maximum atomic E-state index is 14.1. The van der Waals surface area contributed by atoms with Crippen molar-refractivity contribution in [1.29, 1.82) is 0 Å². The number of aromatic nitrogens is 3. The number of amides is 2. The number of benzene rings is 1. The van der Waals surface area contributed by atoms with Gasteiger partial charge in [0.15, 0.2) is 0 Å². The van der Waals surface area contributed by atoms with Gasteiger partial charge in [-0.1, -0.05) is 12.6 Å². The normalized spacial score (nSPS) is 15.9. The number of anilines is 2. The number of alkyl halides is 3. The van der Waals surface area contributed by atoms with Gasteiger partial charge in [-0.15, -0.1) is 0 Å². The van der Waals surface area contributed by atoms with E-state index in [1.807, 2.05) is 0 Å². The summed E-state index contributed by atoms with van der Waals surface area (Å²) in [7, 11) is 1.23. The number of ether oxygens (including phenoxy) is 2. The summed E-state index contributed by atoms with van der Waals surface area (Å²) in [5.74, 6) is 0.00231. The topological polar surface area (TPSA) is 121 Å². The molecule has 0 spiro atoms. The molecule has 4 rings (SSSR count). The number of aromatic amines is 1. The van der Waals surface area contributed by atoms with E-state index in [2.05, 4.69) is 36.9 Å². The van der Waals surface area contributed by atoms with E-state index >= 15 is 0 Å². The van der Waals surface area contributed by atoms with Crippen LogP contribution in [0.3, 0.4) is 0 Å². The van der Waals surface area contributed by atoms with E-state index in [-0.39, 0.29) is 23.2 Å². The molecule has 13 heteroatoms. The first kappa shape index (κ1) is 29.7. The summed E-state index contributed by atoms with van der Waals surface area (Å²) in [6, 6.07) is 2.88. The van der Waals surface area contributed by atoms with Crippen molar-refractivity contribution in [3.8, 4) is 11.3 Å². The van der Waals surface area contributed by atoms with Crippen molar-refractivity contribution >= 4 is 40.3 Å². The molecule has 1 aliphatic rings. The Kier molecular flexibility index (Phi) is 8.18. The summed E-state index contributed by atoms with van der Waals surface area (Å²) >= 11 is 0. The van der Waals surface area contributed by atoms with Gasteiger partial charge >= 0.3 is 18.4 Å². The number of methoxy groups -OCH3 is 1. The van der Waals surface area contributed by atoms with Crippen LogP contribution in [-0.4, -0.2) is 63.9 Å². The molecule has 0 bridgehead atoms. The van der Waals surface area contributed by atoms with Crippen LogP contribution in [0, 0.1) is 0 Å². The van der Waals surface area contributed by atoms with Crippen LogP contribution in [0.4, 0.5) is 34.4 Å². The van der Waals surface area contributed by atoms with E-state index in [0.717, 1.165) is 6.20 Å². The van der Waals surface area contributed by atoms with Crippen molar-refractivity contribution < 1.29 is 32.2 Å². The van der Waals surface area contributed by atoms with E-state index in [1.54, 1.807) is 44.7 Å². The van der Waals surface area contributed by atoms with Crippen LogP contribution in [0.2, 0.25) is 0 Å². The third-order valence-corrected chi connectivity index (χ3v) is 6.46. The van der Waals surface area contributed by atoms with Crippen LogP contribution in [0.1, 0.15) is 51.7 Å². The Morgan fingerprint density at radius 3 is 2.59 bits per heavy atom. The summed E-state index contributed by atoms with van der Waals surface area (Å²) in [6.07, 6.45) is -2.33. The minimum atomic E-state index is -4.72. The standard InChI is InChI=1S/C28H33F3N6O4/c1-15(2)21-20(35-25(38)40-6)10-9-17-18(12-32-23(17)21)22-19(28(29,30)31)13-33-24(36-22)34-16-8-7-11-37(14-16)26(39)41-27(3,4)5/h9-10,12-13,16,32H,1,7-8,11,14H2,2-6H3,(H,35,38)(H,33,34,36). The van der Waals surface area contributed by atoms with Crippen LogP contribution in [0.25, 0.3) is 27.7 Å². The SMILES string of the molecule is C=C(C)c1c(NC(=O)OC)ccc2c(-c3nc(NC4CCCN(C(=O)OC(C)(C)C)C4)ncc3C(F)(F)F)c[nH]c12. The smallest absolute Gasteiger partial charge is 0.419 e. The van der Waals surface area contributed by atoms with Gasteiger partial charge in [0, 0.05) is 48.0 Å². The molecule has 1 unspecified atom stereocenters. The van der Waals surface area contributed by atoms with Gasteiger partial charge in [-0.25, -0.2) is 19.6 Å². The number of allylic oxidation sites excluding steroid dienone is 1. The van der Waals surface area contributed by atoms with Gasteiger partial charge in [0.1, 0.15) is 11.2 Å². The lowest BCUT2D eigenvalue weighted by Crippen LogP contribution is -2.47. The predicted molar refractivity (Wildman–Crippen MR) is 150 cm³/mol. The second-order valence-corrected chi connectivity index (χ2v) is 10.9. The van der Waals surface area contributed by atoms with E-state index in [0.29, 0.717) is 53.7 Å². The summed E-state index contributed by atoms with van der Waals surface area (Å²) in [6.45, 7) is 11.8. The lowest BCUT2D eigenvalue weighted by molar-refractivity contribution is -0.137. The monoisotopic (exact) mass is 574 g/mol. The Bertz CT molecular complexity index is 1480. The molecule has 0 saturated carbocycles. The number of likely N-dealkylation sites (tertiary alicyclic amines) is 1. The van der Waals surface area contributed by atoms with E-state index < -0.39 is 29.5 Å². The molecule has 1 aliphatic heterocycles. The fourth-order valence-corrected chi connectivity index (χ4v) is 4.74. The predicted octanol–water partition coefficient (Wildman–Crippen LogP) is 6.67. The number of hydrogen-bond donors (Lipinski definition) is 3. The fourth-order valence-electron chi connectivity index (χ4n) is 4.74. The first-order valence-electron chi connectivity index (χ1n) is 13.0. The number of nitrogens with zero attached hydrogens (tertiary/aromatic N) is 3. The van der Waals surface area contributed by atoms with Crippen molar-refractivity contribution in [3.05, 3.63) is 42.2 Å². The largest absolute Gasteiger partial charge is 0.453 e. The molecule has 1 fully saturated rings. The number of piperidine rings is 1. The van der Waals surface area contributed by atoms with Gasteiger partial charge in [-0.3, -0.25) is 5.32 Å². The number of H-pyrrole nitrogens is 1. The zero-order valence-corrected chi connectivity index (χ0v) is 23.5. The van der Waals surface area contributed by atoms with Gasteiger partial charge in [0.05, 0.1) is 24.0 Å². The summed E-state index contributed by atoms with van der Waals surface area (Å²) in [5, 5.41) is 6.15. The third kappa shape index (κ3) is 6.72. The maximum Gasteiger partial charge on any atom is 0.419 e. The highest BCUT2D eigenvalue weighted by Crippen LogP contribution is 2.41. The van der Waals surface area contributed by atoms with Gasteiger partial charge < -0.3 is 24.7 Å². The van der Waals surface area contributed by atoms with Gasteiger partial charge in [-0.2, -0.15) is 13.2 Å². The Balaban J connectivity index is 1.70. The molecule has 3 aromatic rings. The van der Waals surface area contributed by atoms with Crippen LogP contribution >= 0.6 is 0 Å². The zero-order chi connectivity index (χ0) is 30.1. The van der Waals surface area contributed by atoms with Crippen LogP contribution in [0.15, 0.2) is 31.1 Å². The summed E-state index contributed by atoms with van der Waals surface area (Å²) in [5.41, 5.74) is 0.180. The molecule has 3 N–H and O–H groups in total. The zero-order valence-electron chi connectivity index (χ0n) is 23.5. The second kappa shape index (κ2) is 11.3. The van der Waals surface area contributed by atoms with Crippen molar-refractivity contribution in [3.63, 3.8) is 0 Å².